The van der Waals surface area contributed by atoms with Crippen LogP contribution in [0.5, 0.6) is 0 Å². The Kier molecular flexibility index (Phi) is 13.9. The number of ether oxygens (including phenoxy) is 3. The maximum Gasteiger partial charge on any atom is 0.339 e. The number of Topliss-reactive ketones (excluding diaryl/α,β-unsaturated/α-hetero) is 3. The molecule has 15 heteroatoms. The Hall–Kier alpha value is -5.38. The molecule has 7 N–H and O–H groups in total. The predicted molar refractivity (Wildman–Crippen MR) is 206 cm³/mol. The highest BCUT2D eigenvalue weighted by atomic mass is 16.5. The minimum absolute atomic E-state index is 0.0922. The summed E-state index contributed by atoms with van der Waals surface area (Å²) in [6, 6.07) is 3.13. The van der Waals surface area contributed by atoms with E-state index >= 15 is 0 Å². The number of aliphatic hydroxyl groups excluding tert-OH is 4. The molecule has 308 valence electrons. The summed E-state index contributed by atoms with van der Waals surface area (Å²) in [5.41, 5.74) is 3.57. The number of aliphatic hydroxyl groups is 4. The van der Waals surface area contributed by atoms with Crippen molar-refractivity contribution in [2.75, 3.05) is 7.11 Å². The summed E-state index contributed by atoms with van der Waals surface area (Å²) in [7, 11) is 1.43. The number of fused-ring (bicyclic) bond motifs is 3. The van der Waals surface area contributed by atoms with Crippen molar-refractivity contribution in [3.05, 3.63) is 100 Å². The van der Waals surface area contributed by atoms with Gasteiger partial charge in [0.2, 0.25) is 5.78 Å². The molecule has 0 saturated carbocycles. The highest BCUT2D eigenvalue weighted by Crippen LogP contribution is 2.55. The summed E-state index contributed by atoms with van der Waals surface area (Å²) in [6.07, 6.45) is 4.80. The third-order valence-corrected chi connectivity index (χ3v) is 11.5. The highest BCUT2D eigenvalue weighted by molar-refractivity contribution is 6.25. The second kappa shape index (κ2) is 17.8. The maximum absolute atomic E-state index is 13.7. The van der Waals surface area contributed by atoms with Crippen LogP contribution in [0.15, 0.2) is 94.7 Å². The Morgan fingerprint density at radius 1 is 1.07 bits per heavy atom. The Morgan fingerprint density at radius 2 is 1.74 bits per heavy atom. The molecule has 0 bridgehead atoms. The molecule has 0 aromatic carbocycles. The molecular formula is C42H53N3O12. The van der Waals surface area contributed by atoms with Crippen LogP contribution in [0, 0.1) is 35.0 Å². The lowest BCUT2D eigenvalue weighted by molar-refractivity contribution is -0.134. The van der Waals surface area contributed by atoms with E-state index < -0.39 is 112 Å². The third-order valence-electron chi connectivity index (χ3n) is 11.5. The number of carbonyl (C=O) groups is 5. The molecule has 57 heavy (non-hydrogen) atoms. The first-order chi connectivity index (χ1) is 26.8. The lowest BCUT2D eigenvalue weighted by Crippen LogP contribution is -2.51. The molecule has 11 atom stereocenters. The second-order valence-corrected chi connectivity index (χ2v) is 15.2. The number of aromatic nitrogens is 1. The van der Waals surface area contributed by atoms with Crippen molar-refractivity contribution in [1.82, 2.24) is 10.3 Å². The summed E-state index contributed by atoms with van der Waals surface area (Å²) < 4.78 is 17.1. The fraction of sp³-hybridized carbons (Fsp3) is 0.476. The van der Waals surface area contributed by atoms with Crippen LogP contribution in [0.1, 0.15) is 65.7 Å². The number of nitrogens with two attached hydrogens (primary N) is 1. The zero-order chi connectivity index (χ0) is 42.7. The van der Waals surface area contributed by atoms with Crippen LogP contribution in [0.2, 0.25) is 0 Å². The minimum Gasteiger partial charge on any atom is -0.516 e. The van der Waals surface area contributed by atoms with Crippen molar-refractivity contribution < 1.29 is 58.6 Å². The van der Waals surface area contributed by atoms with Crippen LogP contribution in [0.4, 0.5) is 0 Å². The number of hydrogen-bond acceptors (Lipinski definition) is 14. The van der Waals surface area contributed by atoms with Crippen LogP contribution in [-0.2, 0) is 33.4 Å². The standard InChI is InChI=1S/C42H53N3O12/c1-19(32(47)22(4)33(48)23(5)37(21(3)27(55-9)15-17-46)57-41(54)26-14-11-16-44-18-26)12-10-13-20(2)40(53)45-31-30(43)36(51)29-28(35(31)50)34(49)24(6)39-42(29,8)38(52)25(7)56-39/h10-19,21-23,25,27,29,32-33,37,46-49H,43H2,1-9H3,(H,45,53)/b12-10+,17-15+,20-13-/t19-,21+,22+,23+,25+,27-,29?,32-,33+,37+,42?/m0/s1. The summed E-state index contributed by atoms with van der Waals surface area (Å²) in [4.78, 5) is 70.9. The number of esters is 1. The summed E-state index contributed by atoms with van der Waals surface area (Å²) in [5.74, 6) is -8.03. The van der Waals surface area contributed by atoms with E-state index in [1.807, 2.05) is 0 Å². The number of amides is 1. The lowest BCUT2D eigenvalue weighted by Gasteiger charge is -2.39. The molecule has 15 nitrogen and oxygen atoms in total. The number of nitrogens with one attached hydrogen (secondary N) is 1. The second-order valence-electron chi connectivity index (χ2n) is 15.2. The quantitative estimate of drug-likeness (QED) is 0.0644. The molecule has 2 aliphatic carbocycles. The topological polar surface area (TPSA) is 245 Å². The SMILES string of the molecule is CO[C@@H](/C=C/O)[C@@H](C)[C@@H](OC(=O)c1cccnc1)[C@H](C)[C@H](O)[C@H](C)[C@@H](O)[C@@H](C)/C=C/C=C(/C)C(=O)NC1=C(N)C(=O)C2C(=C(O)C(C)=C3O[C@H](C)C(=O)C32C)C1=O. The molecule has 0 spiro atoms. The normalized spacial score (nSPS) is 25.7. The Labute approximate surface area is 331 Å². The number of carbonyl (C=O) groups excluding carboxylic acids is 5. The van der Waals surface area contributed by atoms with Gasteiger partial charge in [0.1, 0.15) is 34.4 Å². The van der Waals surface area contributed by atoms with E-state index in [4.69, 9.17) is 19.9 Å². The summed E-state index contributed by atoms with van der Waals surface area (Å²) >= 11 is 0. The van der Waals surface area contributed by atoms with E-state index in [2.05, 4.69) is 10.3 Å². The largest absolute Gasteiger partial charge is 0.516 e. The van der Waals surface area contributed by atoms with E-state index in [0.717, 1.165) is 6.26 Å². The first-order valence-corrected chi connectivity index (χ1v) is 18.7. The van der Waals surface area contributed by atoms with Crippen molar-refractivity contribution in [2.24, 2.45) is 40.7 Å². The Balaban J connectivity index is 1.47. The average molecular weight is 792 g/mol. The van der Waals surface area contributed by atoms with Gasteiger partial charge in [-0.2, -0.15) is 0 Å². The Morgan fingerprint density at radius 3 is 2.33 bits per heavy atom. The summed E-state index contributed by atoms with van der Waals surface area (Å²) in [6.45, 7) is 12.7. The van der Waals surface area contributed by atoms with Gasteiger partial charge in [-0.05, 0) is 45.9 Å². The van der Waals surface area contributed by atoms with Crippen LogP contribution in [-0.4, -0.2) is 92.3 Å². The monoisotopic (exact) mass is 791 g/mol. The molecule has 1 aromatic rings. The molecule has 1 amide bonds. The van der Waals surface area contributed by atoms with Crippen LogP contribution in [0.3, 0.4) is 0 Å². The minimum atomic E-state index is -1.57. The number of allylic oxidation sites excluding steroid dienone is 6. The van der Waals surface area contributed by atoms with Gasteiger partial charge < -0.3 is 45.7 Å². The van der Waals surface area contributed by atoms with Gasteiger partial charge in [0.05, 0.1) is 41.6 Å². The number of ketones is 3. The van der Waals surface area contributed by atoms with Crippen molar-refractivity contribution in [3.8, 4) is 0 Å². The number of rotatable bonds is 15. The van der Waals surface area contributed by atoms with E-state index in [1.54, 1.807) is 45.9 Å². The van der Waals surface area contributed by atoms with Gasteiger partial charge in [0.15, 0.2) is 17.7 Å². The van der Waals surface area contributed by atoms with Gasteiger partial charge in [-0.25, -0.2) is 4.79 Å². The smallest absolute Gasteiger partial charge is 0.339 e. The first-order valence-electron chi connectivity index (χ1n) is 18.7. The van der Waals surface area contributed by atoms with E-state index in [0.29, 0.717) is 0 Å². The van der Waals surface area contributed by atoms with Crippen molar-refractivity contribution in [2.45, 2.75) is 85.9 Å². The maximum atomic E-state index is 13.7. The van der Waals surface area contributed by atoms with Gasteiger partial charge >= 0.3 is 5.97 Å². The van der Waals surface area contributed by atoms with Crippen LogP contribution in [0.25, 0.3) is 0 Å². The van der Waals surface area contributed by atoms with Gasteiger partial charge in [0, 0.05) is 54.3 Å². The average Bonchev–Trinajstić information content (AvgIpc) is 3.43. The van der Waals surface area contributed by atoms with E-state index in [9.17, 15) is 44.4 Å². The molecule has 1 fully saturated rings. The van der Waals surface area contributed by atoms with Crippen molar-refractivity contribution >= 4 is 29.2 Å². The molecule has 1 aliphatic heterocycles. The molecule has 1 saturated heterocycles. The van der Waals surface area contributed by atoms with E-state index in [1.165, 1.54) is 65.4 Å². The number of pyridine rings is 1. The fourth-order valence-electron chi connectivity index (χ4n) is 7.90. The zero-order valence-corrected chi connectivity index (χ0v) is 33.5. The fourth-order valence-corrected chi connectivity index (χ4v) is 7.90. The molecule has 2 heterocycles. The van der Waals surface area contributed by atoms with Crippen molar-refractivity contribution in [3.63, 3.8) is 0 Å². The summed E-state index contributed by atoms with van der Waals surface area (Å²) in [5, 5.41) is 45.7. The lowest BCUT2D eigenvalue weighted by atomic mass is 9.60. The molecule has 1 aromatic heterocycles. The zero-order valence-electron chi connectivity index (χ0n) is 33.5. The molecule has 4 rings (SSSR count). The Bertz CT molecular complexity index is 1960. The number of nitrogens with zero attached hydrogens (tertiary/aromatic N) is 1. The van der Waals surface area contributed by atoms with Crippen LogP contribution >= 0.6 is 0 Å². The molecule has 2 unspecified atom stereocenters. The number of methoxy groups -OCH3 is 1. The molecule has 3 aliphatic rings. The van der Waals surface area contributed by atoms with Crippen LogP contribution < -0.4 is 11.1 Å². The molecule has 0 radical (unpaired) electrons. The van der Waals surface area contributed by atoms with Gasteiger partial charge in [0.25, 0.3) is 5.91 Å². The van der Waals surface area contributed by atoms with Gasteiger partial charge in [-0.1, -0.05) is 45.9 Å². The van der Waals surface area contributed by atoms with Gasteiger partial charge in [-0.15, -0.1) is 0 Å². The molecular weight excluding hydrogens is 738 g/mol. The third kappa shape index (κ3) is 8.36. The highest BCUT2D eigenvalue weighted by Gasteiger charge is 2.63. The predicted octanol–water partition coefficient (Wildman–Crippen LogP) is 3.61. The van der Waals surface area contributed by atoms with Gasteiger partial charge in [-0.3, -0.25) is 24.2 Å². The van der Waals surface area contributed by atoms with E-state index in [-0.39, 0.29) is 28.0 Å². The first kappa shape index (κ1) is 44.3. The van der Waals surface area contributed by atoms with Crippen molar-refractivity contribution in [1.29, 1.82) is 0 Å². The number of hydrogen-bond donors (Lipinski definition) is 6.